The summed E-state index contributed by atoms with van der Waals surface area (Å²) in [6.45, 7) is 1.75. The van der Waals surface area contributed by atoms with Crippen molar-refractivity contribution in [3.8, 4) is 11.8 Å². The Hall–Kier alpha value is -4.63. The number of fused-ring (bicyclic) bond motifs is 1. The molecule has 43 heavy (non-hydrogen) atoms. The Morgan fingerprint density at radius 1 is 1.21 bits per heavy atom. The van der Waals surface area contributed by atoms with E-state index in [1.807, 2.05) is 23.1 Å². The van der Waals surface area contributed by atoms with Crippen LogP contribution in [0.3, 0.4) is 0 Å². The van der Waals surface area contributed by atoms with Gasteiger partial charge in [-0.05, 0) is 55.7 Å². The van der Waals surface area contributed by atoms with Gasteiger partial charge in [0.15, 0.2) is 0 Å². The molecule has 3 heterocycles. The smallest absolute Gasteiger partial charge is 0.303 e. The lowest BCUT2D eigenvalue weighted by Crippen LogP contribution is -2.45. The first-order chi connectivity index (χ1) is 20.7. The van der Waals surface area contributed by atoms with Crippen LogP contribution in [0, 0.1) is 17.1 Å². The van der Waals surface area contributed by atoms with Crippen LogP contribution in [0.4, 0.5) is 10.1 Å². The Morgan fingerprint density at radius 2 is 2.00 bits per heavy atom. The Labute approximate surface area is 252 Å². The van der Waals surface area contributed by atoms with Gasteiger partial charge in [0.05, 0.1) is 28.9 Å². The number of halogens is 1. The lowest BCUT2D eigenvalue weighted by atomic mass is 10.1. The van der Waals surface area contributed by atoms with Gasteiger partial charge in [-0.2, -0.15) is 5.26 Å². The van der Waals surface area contributed by atoms with E-state index in [9.17, 15) is 18.8 Å². The molecule has 0 unspecified atom stereocenters. The third-order valence-electron chi connectivity index (χ3n) is 7.63. The average Bonchev–Trinajstić information content (AvgIpc) is 3.33. The molecule has 1 fully saturated rings. The number of carboxylic acid groups (broad SMARTS) is 1. The number of thioether (sulfide) groups is 1. The zero-order chi connectivity index (χ0) is 30.5. The maximum absolute atomic E-state index is 14.4. The van der Waals surface area contributed by atoms with Crippen LogP contribution in [0.15, 0.2) is 59.8 Å². The van der Waals surface area contributed by atoms with Crippen molar-refractivity contribution in [2.45, 2.75) is 55.2 Å². The first-order valence-corrected chi connectivity index (χ1v) is 14.7. The number of hydrogen-bond acceptors (Lipinski definition) is 8. The zero-order valence-electron chi connectivity index (χ0n) is 23.2. The van der Waals surface area contributed by atoms with Crippen molar-refractivity contribution in [1.82, 2.24) is 9.88 Å². The maximum Gasteiger partial charge on any atom is 0.303 e. The number of nitrogens with zero attached hydrogens (tertiary/aromatic N) is 4. The number of piperidine rings is 1. The molecule has 10 nitrogen and oxygen atoms in total. The summed E-state index contributed by atoms with van der Waals surface area (Å²) in [6.07, 6.45) is 3.15. The predicted molar refractivity (Wildman–Crippen MR) is 157 cm³/mol. The first kappa shape index (κ1) is 29.8. The molecule has 2 aliphatic heterocycles. The molecule has 1 aromatic heterocycles. The molecule has 0 saturated carbocycles. The number of aromatic nitrogens is 1. The second-order valence-corrected chi connectivity index (χ2v) is 11.8. The maximum atomic E-state index is 14.4. The number of ether oxygens (including phenoxy) is 1. The zero-order valence-corrected chi connectivity index (χ0v) is 24.1. The Morgan fingerprint density at radius 3 is 2.65 bits per heavy atom. The molecule has 3 N–H and O–H groups in total. The number of benzene rings is 2. The van der Waals surface area contributed by atoms with Crippen molar-refractivity contribution >= 4 is 35.2 Å². The minimum Gasteiger partial charge on any atom is -0.488 e. The summed E-state index contributed by atoms with van der Waals surface area (Å²) >= 11 is 1.69. The lowest BCUT2D eigenvalue weighted by Gasteiger charge is -2.33. The van der Waals surface area contributed by atoms with Gasteiger partial charge in [0.1, 0.15) is 24.2 Å². The second-order valence-electron chi connectivity index (χ2n) is 10.4. The number of nitrogens with two attached hydrogens (primary N) is 1. The number of rotatable bonds is 11. The fourth-order valence-corrected chi connectivity index (χ4v) is 6.42. The number of primary amides is 1. The number of hydrogen-bond donors (Lipinski definition) is 2. The van der Waals surface area contributed by atoms with Crippen molar-refractivity contribution in [2.24, 2.45) is 5.73 Å². The number of aliphatic carboxylic acids is 1. The van der Waals surface area contributed by atoms with E-state index in [1.165, 1.54) is 11.0 Å². The number of carbonyl (C=O) groups excluding carboxylic acids is 2. The van der Waals surface area contributed by atoms with Gasteiger partial charge < -0.3 is 25.4 Å². The van der Waals surface area contributed by atoms with Gasteiger partial charge >= 0.3 is 5.97 Å². The summed E-state index contributed by atoms with van der Waals surface area (Å²) < 4.78 is 20.5. The van der Waals surface area contributed by atoms with Gasteiger partial charge in [0.2, 0.25) is 5.91 Å². The largest absolute Gasteiger partial charge is 0.488 e. The average molecular weight is 604 g/mol. The van der Waals surface area contributed by atoms with Crippen LogP contribution in [0.1, 0.15) is 52.7 Å². The van der Waals surface area contributed by atoms with E-state index in [-0.39, 0.29) is 37.7 Å². The highest BCUT2D eigenvalue weighted by Gasteiger charge is 2.37. The van der Waals surface area contributed by atoms with Gasteiger partial charge in [0.25, 0.3) is 5.91 Å². The predicted octanol–water partition coefficient (Wildman–Crippen LogP) is 4.11. The van der Waals surface area contributed by atoms with Crippen LogP contribution in [-0.2, 0) is 22.7 Å². The highest BCUT2D eigenvalue weighted by atomic mass is 32.2. The number of carboxylic acids is 1. The summed E-state index contributed by atoms with van der Waals surface area (Å²) in [7, 11) is 0. The van der Waals surface area contributed by atoms with E-state index >= 15 is 0 Å². The molecule has 0 radical (unpaired) electrons. The molecule has 0 aliphatic carbocycles. The van der Waals surface area contributed by atoms with E-state index in [2.05, 4.69) is 4.98 Å². The van der Waals surface area contributed by atoms with Crippen LogP contribution < -0.4 is 15.4 Å². The van der Waals surface area contributed by atoms with E-state index in [4.69, 9.17) is 20.8 Å². The topological polar surface area (TPSA) is 150 Å². The van der Waals surface area contributed by atoms with E-state index in [0.29, 0.717) is 46.5 Å². The fourth-order valence-electron chi connectivity index (χ4n) is 5.37. The van der Waals surface area contributed by atoms with Gasteiger partial charge in [-0.15, -0.1) is 11.8 Å². The van der Waals surface area contributed by atoms with Crippen molar-refractivity contribution in [2.75, 3.05) is 18.0 Å². The van der Waals surface area contributed by atoms with Crippen molar-refractivity contribution in [3.05, 3.63) is 82.8 Å². The minimum absolute atomic E-state index is 0.0641. The number of carbonyl (C=O) groups is 3. The summed E-state index contributed by atoms with van der Waals surface area (Å²) in [5, 5.41) is 19.2. The molecule has 0 spiro atoms. The highest BCUT2D eigenvalue weighted by molar-refractivity contribution is 7.99. The fraction of sp³-hybridized carbons (Fsp3) is 0.323. The molecule has 3 aromatic rings. The normalized spacial score (nSPS) is 15.6. The van der Waals surface area contributed by atoms with Gasteiger partial charge in [0, 0.05) is 47.6 Å². The van der Waals surface area contributed by atoms with Crippen LogP contribution in [-0.4, -0.2) is 57.2 Å². The molecule has 2 aromatic carbocycles. The Balaban J connectivity index is 1.15. The monoisotopic (exact) mass is 603 g/mol. The van der Waals surface area contributed by atoms with Crippen molar-refractivity contribution in [1.29, 1.82) is 5.26 Å². The molecule has 1 saturated heterocycles. The lowest BCUT2D eigenvalue weighted by molar-refractivity contribution is -0.137. The standard InChI is InChI=1S/C31H30FN5O5S/c32-24-14-19(15-33)4-6-25(24)36-12-10-21(11-13-36)43-28-8-5-20(16-35-28)18-42-27-3-1-2-22-23(27)17-37(31(22)41)26(30(34)40)7-9-29(38)39/h1-6,8,14,16,21,26H,7,9-13,17-18H2,(H2,34,40)(H,38,39)/t26-/m0/s1. The molecule has 2 aliphatic rings. The summed E-state index contributed by atoms with van der Waals surface area (Å²) in [5.74, 6) is -2.08. The number of nitriles is 1. The molecular weight excluding hydrogens is 573 g/mol. The molecule has 222 valence electrons. The second kappa shape index (κ2) is 13.1. The van der Waals surface area contributed by atoms with Gasteiger partial charge in [-0.25, -0.2) is 9.37 Å². The molecule has 5 rings (SSSR count). The SMILES string of the molecule is N#Cc1ccc(N2CCC(Sc3ccc(COc4cccc5c4CN([C@@H](CCC(=O)O)C(N)=O)C5=O)cn3)CC2)c(F)c1. The molecule has 12 heteroatoms. The Bertz CT molecular complexity index is 1570. The first-order valence-electron chi connectivity index (χ1n) is 13.9. The van der Waals surface area contributed by atoms with Gasteiger partial charge in [-0.3, -0.25) is 14.4 Å². The third-order valence-corrected chi connectivity index (χ3v) is 8.92. The quantitative estimate of drug-likeness (QED) is 0.330. The van der Waals surface area contributed by atoms with Crippen LogP contribution in [0.5, 0.6) is 5.75 Å². The van der Waals surface area contributed by atoms with Crippen molar-refractivity contribution < 1.29 is 28.6 Å². The van der Waals surface area contributed by atoms with E-state index in [1.54, 1.807) is 48.3 Å². The third kappa shape index (κ3) is 6.89. The van der Waals surface area contributed by atoms with Gasteiger partial charge in [-0.1, -0.05) is 12.1 Å². The van der Waals surface area contributed by atoms with E-state index in [0.717, 1.165) is 23.4 Å². The molecule has 2 amide bonds. The number of anilines is 1. The van der Waals surface area contributed by atoms with Crippen LogP contribution in [0.25, 0.3) is 0 Å². The molecular formula is C31H30FN5O5S. The minimum atomic E-state index is -1.07. The van der Waals surface area contributed by atoms with Crippen molar-refractivity contribution in [3.63, 3.8) is 0 Å². The molecule has 1 atom stereocenters. The van der Waals surface area contributed by atoms with Crippen LogP contribution >= 0.6 is 11.8 Å². The van der Waals surface area contributed by atoms with E-state index < -0.39 is 17.9 Å². The molecule has 0 bridgehead atoms. The summed E-state index contributed by atoms with van der Waals surface area (Å²) in [5.41, 5.74) is 8.20. The number of pyridine rings is 1. The summed E-state index contributed by atoms with van der Waals surface area (Å²) in [4.78, 5) is 44.0. The van der Waals surface area contributed by atoms with Crippen LogP contribution in [0.2, 0.25) is 0 Å². The number of amides is 2. The summed E-state index contributed by atoms with van der Waals surface area (Å²) in [6, 6.07) is 14.5. The highest BCUT2D eigenvalue weighted by Crippen LogP contribution is 2.34. The Kier molecular flexibility index (Phi) is 9.11.